The number of halogens is 2. The van der Waals surface area contributed by atoms with E-state index in [0.29, 0.717) is 0 Å². The second-order valence-corrected chi connectivity index (χ2v) is 14.4. The van der Waals surface area contributed by atoms with Gasteiger partial charge in [0.15, 0.2) is 36.0 Å². The first kappa shape index (κ1) is 45.8. The average Bonchev–Trinajstić information content (AvgIpc) is 3.21. The number of benzene rings is 1. The SMILES string of the molecule is Cc1cc(=O)oc2c(F)c(O[C@@H]3OC(CO)[C@@H](O[C@@H]4OC(CO)[C@@H](O[C@@H]5OC(CO)[C@@H](O[C@@H]6OC(CO)[C@@H](O)[C@H](O)C6O)[C@H](O)C5O)[C@H](O)C4O)[C@H](O)C3O)c(F)cc12. The van der Waals surface area contributed by atoms with Crippen molar-refractivity contribution in [1.29, 1.82) is 0 Å². The van der Waals surface area contributed by atoms with E-state index in [2.05, 4.69) is 0 Å². The first-order valence-electron chi connectivity index (χ1n) is 18.2. The van der Waals surface area contributed by atoms with Crippen molar-refractivity contribution in [2.45, 2.75) is 130 Å². The maximum absolute atomic E-state index is 15.3. The quantitative estimate of drug-likeness (QED) is 0.0882. The van der Waals surface area contributed by atoms with E-state index in [9.17, 15) is 71.2 Å². The number of aliphatic hydroxyl groups excluding tert-OH is 13. The van der Waals surface area contributed by atoms with Gasteiger partial charge in [-0.05, 0) is 18.6 Å². The molecule has 1 aromatic carbocycles. The molecule has 4 fully saturated rings. The Kier molecular flexibility index (Phi) is 14.5. The Bertz CT molecular complexity index is 1780. The normalized spacial score (nSPS) is 43.2. The molecule has 25 heteroatoms. The topological polar surface area (TPSA) is 367 Å². The van der Waals surface area contributed by atoms with Gasteiger partial charge >= 0.3 is 5.63 Å². The number of fused-ring (bicyclic) bond motifs is 1. The highest BCUT2D eigenvalue weighted by molar-refractivity contribution is 5.82. The van der Waals surface area contributed by atoms with E-state index in [1.54, 1.807) is 0 Å². The third-order valence-electron chi connectivity index (χ3n) is 10.5. The zero-order chi connectivity index (χ0) is 43.2. The molecule has 334 valence electrons. The lowest BCUT2D eigenvalue weighted by Crippen LogP contribution is -2.67. The first-order valence-corrected chi connectivity index (χ1v) is 18.2. The predicted molar refractivity (Wildman–Crippen MR) is 179 cm³/mol. The molecule has 6 rings (SSSR count). The maximum atomic E-state index is 15.3. The highest BCUT2D eigenvalue weighted by Gasteiger charge is 2.55. The summed E-state index contributed by atoms with van der Waals surface area (Å²) in [6, 6.07) is 1.79. The molecule has 13 N–H and O–H groups in total. The molecular weight excluding hydrogens is 814 g/mol. The Balaban J connectivity index is 1.11. The molecule has 0 radical (unpaired) electrons. The minimum absolute atomic E-state index is 0.108. The minimum atomic E-state index is -2.19. The van der Waals surface area contributed by atoms with Crippen LogP contribution >= 0.6 is 0 Å². The van der Waals surface area contributed by atoms with Gasteiger partial charge in [0.25, 0.3) is 0 Å². The van der Waals surface area contributed by atoms with Crippen LogP contribution in [0.5, 0.6) is 5.75 Å². The van der Waals surface area contributed by atoms with Crippen LogP contribution in [-0.2, 0) is 33.2 Å². The fourth-order valence-corrected chi connectivity index (χ4v) is 7.21. The van der Waals surface area contributed by atoms with Gasteiger partial charge in [0.2, 0.25) is 12.1 Å². The molecule has 5 heterocycles. The molecule has 59 heavy (non-hydrogen) atoms. The summed E-state index contributed by atoms with van der Waals surface area (Å²) in [4.78, 5) is 11.8. The molecule has 2 aromatic rings. The van der Waals surface area contributed by atoms with Crippen LogP contribution in [-0.4, -0.2) is 216 Å². The number of aliphatic hydroxyl groups is 13. The fraction of sp³-hybridized carbons (Fsp3) is 0.735. The van der Waals surface area contributed by atoms with Crippen molar-refractivity contribution in [2.24, 2.45) is 0 Å². The largest absolute Gasteiger partial charge is 0.456 e. The monoisotopic (exact) mass is 860 g/mol. The van der Waals surface area contributed by atoms with Crippen molar-refractivity contribution in [3.63, 3.8) is 0 Å². The van der Waals surface area contributed by atoms with Crippen molar-refractivity contribution in [1.82, 2.24) is 0 Å². The van der Waals surface area contributed by atoms with Crippen molar-refractivity contribution in [3.05, 3.63) is 39.8 Å². The molecule has 4 saturated heterocycles. The molecule has 4 aliphatic heterocycles. The van der Waals surface area contributed by atoms with Gasteiger partial charge in [0, 0.05) is 11.5 Å². The lowest BCUT2D eigenvalue weighted by Gasteiger charge is -2.49. The number of hydrogen-bond acceptors (Lipinski definition) is 23. The van der Waals surface area contributed by atoms with Crippen molar-refractivity contribution in [3.8, 4) is 5.75 Å². The zero-order valence-electron chi connectivity index (χ0n) is 30.7. The number of hydrogen-bond donors (Lipinski definition) is 13. The fourth-order valence-electron chi connectivity index (χ4n) is 7.21. The molecule has 1 aromatic heterocycles. The van der Waals surface area contributed by atoms with E-state index in [1.807, 2.05) is 0 Å². The molecule has 0 aliphatic carbocycles. The van der Waals surface area contributed by atoms with E-state index in [-0.39, 0.29) is 10.9 Å². The minimum Gasteiger partial charge on any atom is -0.456 e. The standard InChI is InChI=1S/C34H46F2O23/c1-8-2-15(41)55-26-9(8)3-10(35)27(16(26)36)56-32-23(48)19(44)29(12(5-38)52-32)58-34-25(50)21(46)30(14(7-40)54-34)59-33-24(49)20(45)28(13(6-39)53-33)57-31-22(47)18(43)17(42)11(4-37)51-31/h2-3,11-14,17-25,28-34,37-40,42-50H,4-7H2,1H3/t11?,12?,13?,14?,17-,18+,19-,20-,21-,22?,23?,24?,25?,28-,29-,30-,31+,32+,33+,34+/m1/s1. The first-order chi connectivity index (χ1) is 27.9. The van der Waals surface area contributed by atoms with Gasteiger partial charge < -0.3 is 109 Å². The second kappa shape index (κ2) is 18.7. The van der Waals surface area contributed by atoms with Gasteiger partial charge in [0.05, 0.1) is 26.4 Å². The highest BCUT2D eigenvalue weighted by atomic mass is 19.1. The van der Waals surface area contributed by atoms with Gasteiger partial charge in [0.1, 0.15) is 97.7 Å². The van der Waals surface area contributed by atoms with Crippen LogP contribution in [0.15, 0.2) is 21.3 Å². The summed E-state index contributed by atoms with van der Waals surface area (Å²) in [7, 11) is 0. The van der Waals surface area contributed by atoms with Gasteiger partial charge in [-0.1, -0.05) is 0 Å². The van der Waals surface area contributed by atoms with Crippen LogP contribution in [0.1, 0.15) is 5.56 Å². The summed E-state index contributed by atoms with van der Waals surface area (Å²) in [5, 5.41) is 136. The third-order valence-corrected chi connectivity index (χ3v) is 10.5. The predicted octanol–water partition coefficient (Wildman–Crippen LogP) is -6.97. The second-order valence-electron chi connectivity index (χ2n) is 14.4. The van der Waals surface area contributed by atoms with Crippen LogP contribution < -0.4 is 10.4 Å². The number of aryl methyl sites for hydroxylation is 1. The zero-order valence-corrected chi connectivity index (χ0v) is 30.7. The molecule has 20 atom stereocenters. The Morgan fingerprint density at radius 1 is 0.542 bits per heavy atom. The van der Waals surface area contributed by atoms with Crippen molar-refractivity contribution >= 4 is 11.0 Å². The van der Waals surface area contributed by atoms with Crippen LogP contribution in [0.4, 0.5) is 8.78 Å². The summed E-state index contributed by atoms with van der Waals surface area (Å²) in [5.74, 6) is -3.98. The van der Waals surface area contributed by atoms with E-state index in [4.69, 9.17) is 42.3 Å². The van der Waals surface area contributed by atoms with Crippen LogP contribution in [0.2, 0.25) is 0 Å². The molecule has 8 unspecified atom stereocenters. The van der Waals surface area contributed by atoms with Gasteiger partial charge in [-0.2, -0.15) is 4.39 Å². The molecular formula is C34H46F2O23. The summed E-state index contributed by atoms with van der Waals surface area (Å²) in [5.41, 5.74) is -1.46. The molecule has 0 saturated carbocycles. The Morgan fingerprint density at radius 2 is 0.932 bits per heavy atom. The molecule has 0 bridgehead atoms. The van der Waals surface area contributed by atoms with Crippen molar-refractivity contribution in [2.75, 3.05) is 26.4 Å². The molecule has 4 aliphatic rings. The molecule has 0 amide bonds. The van der Waals surface area contributed by atoms with E-state index < -0.39 is 178 Å². The molecule has 23 nitrogen and oxygen atoms in total. The van der Waals surface area contributed by atoms with Crippen LogP contribution in [0.3, 0.4) is 0 Å². The maximum Gasteiger partial charge on any atom is 0.336 e. The summed E-state index contributed by atoms with van der Waals surface area (Å²) in [6.07, 6.45) is -37.9. The van der Waals surface area contributed by atoms with Crippen LogP contribution in [0, 0.1) is 18.6 Å². The Morgan fingerprint density at radius 3 is 1.37 bits per heavy atom. The summed E-state index contributed by atoms with van der Waals surface area (Å²) in [6.45, 7) is -2.38. The highest BCUT2D eigenvalue weighted by Crippen LogP contribution is 2.36. The van der Waals surface area contributed by atoms with Crippen LogP contribution in [0.25, 0.3) is 11.0 Å². The lowest BCUT2D eigenvalue weighted by atomic mass is 9.95. The van der Waals surface area contributed by atoms with E-state index >= 15 is 8.78 Å². The van der Waals surface area contributed by atoms with Gasteiger partial charge in [-0.3, -0.25) is 0 Å². The van der Waals surface area contributed by atoms with Gasteiger partial charge in [-0.25, -0.2) is 9.18 Å². The Hall–Kier alpha value is -2.71. The average molecular weight is 861 g/mol. The van der Waals surface area contributed by atoms with E-state index in [0.717, 1.165) is 12.1 Å². The summed E-state index contributed by atoms with van der Waals surface area (Å²) < 4.78 is 79.0. The van der Waals surface area contributed by atoms with Crippen molar-refractivity contribution < 1.29 is 117 Å². The lowest BCUT2D eigenvalue weighted by molar-refractivity contribution is -0.387. The van der Waals surface area contributed by atoms with E-state index in [1.165, 1.54) is 6.92 Å². The Labute approximate surface area is 330 Å². The summed E-state index contributed by atoms with van der Waals surface area (Å²) >= 11 is 0. The third kappa shape index (κ3) is 8.84. The smallest absolute Gasteiger partial charge is 0.336 e. The molecule has 0 spiro atoms. The van der Waals surface area contributed by atoms with Gasteiger partial charge in [-0.15, -0.1) is 0 Å². The number of rotatable bonds is 12. The number of ether oxygens (including phenoxy) is 8.